The molecule has 0 fully saturated rings. The maximum atomic E-state index is 11.3. The van der Waals surface area contributed by atoms with Gasteiger partial charge in [-0.25, -0.2) is 0 Å². The van der Waals surface area contributed by atoms with Gasteiger partial charge in [0, 0.05) is 12.8 Å². The number of allylic oxidation sites excluding steroid dienone is 2. The Morgan fingerprint density at radius 2 is 1.93 bits per heavy atom. The van der Waals surface area contributed by atoms with Crippen molar-refractivity contribution in [3.63, 3.8) is 0 Å². The third-order valence-corrected chi connectivity index (χ3v) is 2.84. The third kappa shape index (κ3) is 7.35. The van der Waals surface area contributed by atoms with Crippen LogP contribution in [-0.2, 0) is 4.79 Å². The molecule has 2 atom stereocenters. The lowest BCUT2D eigenvalue weighted by Crippen LogP contribution is -2.08. The molecule has 0 radical (unpaired) electrons. The van der Waals surface area contributed by atoms with E-state index < -0.39 is 0 Å². The molecule has 0 spiro atoms. The van der Waals surface area contributed by atoms with Gasteiger partial charge in [0.15, 0.2) is 0 Å². The molecule has 0 aromatic rings. The van der Waals surface area contributed by atoms with Crippen LogP contribution in [0.25, 0.3) is 0 Å². The van der Waals surface area contributed by atoms with Gasteiger partial charge in [0.2, 0.25) is 0 Å². The molecule has 0 aliphatic carbocycles. The lowest BCUT2D eigenvalue weighted by molar-refractivity contribution is -0.119. The highest BCUT2D eigenvalue weighted by Crippen LogP contribution is 2.20. The van der Waals surface area contributed by atoms with E-state index in [1.807, 2.05) is 6.92 Å². The van der Waals surface area contributed by atoms with Crippen LogP contribution in [-0.4, -0.2) is 5.78 Å². The van der Waals surface area contributed by atoms with E-state index in [0.717, 1.165) is 19.3 Å². The molecular weight excluding hydrogens is 184 g/mol. The van der Waals surface area contributed by atoms with Gasteiger partial charge in [-0.15, -0.1) is 0 Å². The normalized spacial score (nSPS) is 15.5. The highest BCUT2D eigenvalue weighted by atomic mass is 16.1. The van der Waals surface area contributed by atoms with E-state index in [1.165, 1.54) is 6.42 Å². The van der Waals surface area contributed by atoms with E-state index in [-0.39, 0.29) is 0 Å². The van der Waals surface area contributed by atoms with E-state index in [2.05, 4.69) is 32.9 Å². The fraction of sp³-hybridized carbons (Fsp3) is 0.786. The zero-order valence-corrected chi connectivity index (χ0v) is 10.8. The zero-order valence-electron chi connectivity index (χ0n) is 10.8. The Bertz CT molecular complexity index is 194. The van der Waals surface area contributed by atoms with Crippen LogP contribution in [0.15, 0.2) is 12.2 Å². The van der Waals surface area contributed by atoms with E-state index in [1.54, 1.807) is 0 Å². The molecule has 0 rings (SSSR count). The number of ketones is 1. The summed E-state index contributed by atoms with van der Waals surface area (Å²) in [6.45, 7) is 8.52. The molecule has 0 aliphatic rings. The lowest BCUT2D eigenvalue weighted by atomic mass is 9.89. The molecular formula is C14H26O. The summed E-state index contributed by atoms with van der Waals surface area (Å²) in [7, 11) is 0. The molecule has 0 heterocycles. The Morgan fingerprint density at radius 3 is 2.40 bits per heavy atom. The van der Waals surface area contributed by atoms with E-state index in [4.69, 9.17) is 0 Å². The SMILES string of the molecule is CC/C=C/[C@H](CC)C[C@H](C)CC(=O)CC. The van der Waals surface area contributed by atoms with Crippen LogP contribution in [0.3, 0.4) is 0 Å². The molecule has 15 heavy (non-hydrogen) atoms. The summed E-state index contributed by atoms with van der Waals surface area (Å²) in [6, 6.07) is 0. The molecule has 0 saturated heterocycles. The number of hydrogen-bond acceptors (Lipinski definition) is 1. The zero-order chi connectivity index (χ0) is 11.7. The first-order valence-corrected chi connectivity index (χ1v) is 6.32. The fourth-order valence-electron chi connectivity index (χ4n) is 1.84. The second kappa shape index (κ2) is 8.70. The molecule has 0 N–H and O–H groups in total. The van der Waals surface area contributed by atoms with Crippen molar-refractivity contribution in [3.05, 3.63) is 12.2 Å². The summed E-state index contributed by atoms with van der Waals surface area (Å²) < 4.78 is 0. The van der Waals surface area contributed by atoms with Crippen LogP contribution in [0.5, 0.6) is 0 Å². The standard InChI is InChI=1S/C14H26O/c1-5-8-9-13(6-2)10-12(4)11-14(15)7-3/h8-9,12-13H,5-7,10-11H2,1-4H3/b9-8+/t12-,13-/m0/s1. The van der Waals surface area contributed by atoms with E-state index in [0.29, 0.717) is 24.0 Å². The largest absolute Gasteiger partial charge is 0.300 e. The van der Waals surface area contributed by atoms with Gasteiger partial charge in [-0.3, -0.25) is 4.79 Å². The van der Waals surface area contributed by atoms with E-state index >= 15 is 0 Å². The fourth-order valence-corrected chi connectivity index (χ4v) is 1.84. The predicted molar refractivity (Wildman–Crippen MR) is 66.9 cm³/mol. The monoisotopic (exact) mass is 210 g/mol. The van der Waals surface area contributed by atoms with Gasteiger partial charge in [-0.05, 0) is 31.1 Å². The summed E-state index contributed by atoms with van der Waals surface area (Å²) in [5.41, 5.74) is 0. The molecule has 1 nitrogen and oxygen atoms in total. The van der Waals surface area contributed by atoms with Crippen molar-refractivity contribution in [3.8, 4) is 0 Å². The van der Waals surface area contributed by atoms with Crippen LogP contribution in [0.1, 0.15) is 59.8 Å². The van der Waals surface area contributed by atoms with Crippen molar-refractivity contribution in [2.75, 3.05) is 0 Å². The Labute approximate surface area is 95.0 Å². The Hall–Kier alpha value is -0.590. The van der Waals surface area contributed by atoms with Gasteiger partial charge in [0.1, 0.15) is 5.78 Å². The van der Waals surface area contributed by atoms with E-state index in [9.17, 15) is 4.79 Å². The van der Waals surface area contributed by atoms with Crippen molar-refractivity contribution >= 4 is 5.78 Å². The predicted octanol–water partition coefficient (Wildman–Crippen LogP) is 4.37. The summed E-state index contributed by atoms with van der Waals surface area (Å²) in [5.74, 6) is 1.59. The topological polar surface area (TPSA) is 17.1 Å². The quantitative estimate of drug-likeness (QED) is 0.543. The second-order valence-corrected chi connectivity index (χ2v) is 4.44. The molecule has 1 heteroatoms. The van der Waals surface area contributed by atoms with Gasteiger partial charge in [0.25, 0.3) is 0 Å². The average molecular weight is 210 g/mol. The molecule has 0 aliphatic heterocycles. The van der Waals surface area contributed by atoms with Crippen molar-refractivity contribution in [1.29, 1.82) is 0 Å². The first-order valence-electron chi connectivity index (χ1n) is 6.32. The van der Waals surface area contributed by atoms with Crippen LogP contribution in [0.2, 0.25) is 0 Å². The van der Waals surface area contributed by atoms with Crippen LogP contribution < -0.4 is 0 Å². The van der Waals surface area contributed by atoms with Crippen molar-refractivity contribution in [2.45, 2.75) is 59.8 Å². The first kappa shape index (κ1) is 14.4. The summed E-state index contributed by atoms with van der Waals surface area (Å²) in [4.78, 5) is 11.3. The maximum absolute atomic E-state index is 11.3. The number of Topliss-reactive ketones (excluding diaryl/α,β-unsaturated/α-hetero) is 1. The molecule has 0 aromatic carbocycles. The molecule has 88 valence electrons. The van der Waals surface area contributed by atoms with Gasteiger partial charge in [0.05, 0.1) is 0 Å². The van der Waals surface area contributed by atoms with Crippen LogP contribution in [0.4, 0.5) is 0 Å². The smallest absolute Gasteiger partial charge is 0.132 e. The lowest BCUT2D eigenvalue weighted by Gasteiger charge is -2.15. The minimum Gasteiger partial charge on any atom is -0.300 e. The number of carbonyl (C=O) groups is 1. The first-order chi connectivity index (χ1) is 7.13. The van der Waals surface area contributed by atoms with Crippen LogP contribution >= 0.6 is 0 Å². The van der Waals surface area contributed by atoms with Crippen molar-refractivity contribution in [1.82, 2.24) is 0 Å². The number of carbonyl (C=O) groups excluding carboxylic acids is 1. The maximum Gasteiger partial charge on any atom is 0.132 e. The molecule has 0 aromatic heterocycles. The summed E-state index contributed by atoms with van der Waals surface area (Å²) in [6.07, 6.45) is 9.44. The minimum atomic E-state index is 0.400. The Balaban J connectivity index is 3.95. The highest BCUT2D eigenvalue weighted by Gasteiger charge is 2.11. The van der Waals surface area contributed by atoms with Crippen molar-refractivity contribution < 1.29 is 4.79 Å². The van der Waals surface area contributed by atoms with Gasteiger partial charge < -0.3 is 0 Å². The molecule has 0 bridgehead atoms. The number of rotatable bonds is 8. The second-order valence-electron chi connectivity index (χ2n) is 4.44. The third-order valence-electron chi connectivity index (χ3n) is 2.84. The van der Waals surface area contributed by atoms with Crippen molar-refractivity contribution in [2.24, 2.45) is 11.8 Å². The van der Waals surface area contributed by atoms with Gasteiger partial charge >= 0.3 is 0 Å². The van der Waals surface area contributed by atoms with Gasteiger partial charge in [-0.1, -0.05) is 39.8 Å². The summed E-state index contributed by atoms with van der Waals surface area (Å²) in [5, 5.41) is 0. The average Bonchev–Trinajstić information content (AvgIpc) is 2.23. The highest BCUT2D eigenvalue weighted by molar-refractivity contribution is 5.78. The molecule has 0 saturated carbocycles. The van der Waals surface area contributed by atoms with Crippen LogP contribution in [0, 0.1) is 11.8 Å². The van der Waals surface area contributed by atoms with Gasteiger partial charge in [-0.2, -0.15) is 0 Å². The molecule has 0 unspecified atom stereocenters. The summed E-state index contributed by atoms with van der Waals surface area (Å²) >= 11 is 0. The Kier molecular flexibility index (Phi) is 8.35. The minimum absolute atomic E-state index is 0.400. The number of hydrogen-bond donors (Lipinski definition) is 0. The Morgan fingerprint density at radius 1 is 1.27 bits per heavy atom. The molecule has 0 amide bonds.